The van der Waals surface area contributed by atoms with Gasteiger partial charge in [-0.3, -0.25) is 4.90 Å². The summed E-state index contributed by atoms with van der Waals surface area (Å²) in [6.07, 6.45) is 8.12. The van der Waals surface area contributed by atoms with Crippen LogP contribution in [0.4, 0.5) is 5.82 Å². The number of morpholine rings is 1. The number of aryl methyl sites for hydroxylation is 2. The van der Waals surface area contributed by atoms with Crippen LogP contribution in [0.25, 0.3) is 10.2 Å². The van der Waals surface area contributed by atoms with E-state index < -0.39 is 0 Å². The lowest BCUT2D eigenvalue weighted by atomic mass is 10.0. The fraction of sp³-hybridized carbons (Fsp3) is 0.571. The highest BCUT2D eigenvalue weighted by molar-refractivity contribution is 7.18. The lowest BCUT2D eigenvalue weighted by Gasteiger charge is -2.34. The zero-order chi connectivity index (χ0) is 19.8. The van der Waals surface area contributed by atoms with Crippen LogP contribution in [-0.2, 0) is 11.3 Å². The maximum Gasteiger partial charge on any atom is 0.146 e. The quantitative estimate of drug-likeness (QED) is 0.656. The highest BCUT2D eigenvalue weighted by atomic mass is 32.1. The van der Waals surface area contributed by atoms with Gasteiger partial charge in [-0.25, -0.2) is 15.0 Å². The van der Waals surface area contributed by atoms with Crippen LogP contribution in [0.1, 0.15) is 35.1 Å². The van der Waals surface area contributed by atoms with Gasteiger partial charge < -0.3 is 14.2 Å². The molecule has 0 spiro atoms. The number of ether oxygens (including phenoxy) is 1. The number of imidazole rings is 1. The van der Waals surface area contributed by atoms with Crippen molar-refractivity contribution in [2.45, 2.75) is 39.3 Å². The Hall–Kier alpha value is -2.03. The number of anilines is 1. The first-order chi connectivity index (χ1) is 14.2. The van der Waals surface area contributed by atoms with Gasteiger partial charge in [-0.1, -0.05) is 0 Å². The predicted molar refractivity (Wildman–Crippen MR) is 116 cm³/mol. The van der Waals surface area contributed by atoms with E-state index in [2.05, 4.69) is 39.4 Å². The summed E-state index contributed by atoms with van der Waals surface area (Å²) in [5.74, 6) is 2.07. The molecule has 0 amide bonds. The number of aromatic nitrogens is 4. The monoisotopic (exact) mass is 412 g/mol. The van der Waals surface area contributed by atoms with Gasteiger partial charge >= 0.3 is 0 Å². The number of nitrogens with zero attached hydrogens (tertiary/aromatic N) is 6. The van der Waals surface area contributed by atoms with E-state index in [-0.39, 0.29) is 0 Å². The molecule has 29 heavy (non-hydrogen) atoms. The van der Waals surface area contributed by atoms with Crippen molar-refractivity contribution in [1.29, 1.82) is 0 Å². The Labute approximate surface area is 175 Å². The molecule has 2 aliphatic heterocycles. The minimum atomic E-state index is 0.532. The first-order valence-corrected chi connectivity index (χ1v) is 11.3. The fourth-order valence-corrected chi connectivity index (χ4v) is 5.43. The van der Waals surface area contributed by atoms with Crippen molar-refractivity contribution >= 4 is 27.4 Å². The molecule has 5 heterocycles. The number of rotatable bonds is 4. The lowest BCUT2D eigenvalue weighted by molar-refractivity contribution is 0.0331. The van der Waals surface area contributed by atoms with E-state index in [1.807, 2.05) is 12.5 Å². The zero-order valence-electron chi connectivity index (χ0n) is 17.2. The van der Waals surface area contributed by atoms with E-state index in [0.29, 0.717) is 6.04 Å². The van der Waals surface area contributed by atoms with Crippen molar-refractivity contribution in [2.75, 3.05) is 44.3 Å². The van der Waals surface area contributed by atoms with Gasteiger partial charge in [-0.2, -0.15) is 0 Å². The van der Waals surface area contributed by atoms with Gasteiger partial charge in [-0.05, 0) is 32.3 Å². The molecule has 0 aromatic carbocycles. The van der Waals surface area contributed by atoms with Crippen LogP contribution in [0.15, 0.2) is 18.7 Å². The highest BCUT2D eigenvalue weighted by Gasteiger charge is 2.25. The smallest absolute Gasteiger partial charge is 0.146 e. The minimum Gasteiger partial charge on any atom is -0.379 e. The topological polar surface area (TPSA) is 59.3 Å². The standard InChI is InChI=1S/C21H28N6OS/c1-15-16(2)29-21-19(15)20(23-18(24-21)13-25-9-11-28-12-10-25)26-6-3-17(4-7-26)27-8-5-22-14-27/h5,8,14,17H,3-4,6-7,9-13H2,1-2H3. The molecular formula is C21H28N6OS. The predicted octanol–water partition coefficient (Wildman–Crippen LogP) is 3.18. The summed E-state index contributed by atoms with van der Waals surface area (Å²) in [7, 11) is 0. The highest BCUT2D eigenvalue weighted by Crippen LogP contribution is 2.37. The molecule has 0 atom stereocenters. The summed E-state index contributed by atoms with van der Waals surface area (Å²) in [5.41, 5.74) is 1.33. The Balaban J connectivity index is 1.43. The molecular weight excluding hydrogens is 384 g/mol. The van der Waals surface area contributed by atoms with Crippen molar-refractivity contribution < 1.29 is 4.74 Å². The number of thiophene rings is 1. The van der Waals surface area contributed by atoms with E-state index in [1.165, 1.54) is 15.8 Å². The van der Waals surface area contributed by atoms with Crippen molar-refractivity contribution in [2.24, 2.45) is 0 Å². The average molecular weight is 413 g/mol. The molecule has 2 saturated heterocycles. The second-order valence-corrected chi connectivity index (χ2v) is 9.25. The van der Waals surface area contributed by atoms with Gasteiger partial charge in [0.05, 0.1) is 31.5 Å². The maximum atomic E-state index is 5.49. The second-order valence-electron chi connectivity index (χ2n) is 8.04. The maximum absolute atomic E-state index is 5.49. The van der Waals surface area contributed by atoms with Crippen LogP contribution in [0.5, 0.6) is 0 Å². The first kappa shape index (κ1) is 19.0. The molecule has 3 aromatic heterocycles. The molecule has 2 aliphatic rings. The molecule has 0 radical (unpaired) electrons. The van der Waals surface area contributed by atoms with Crippen molar-refractivity contribution in [1.82, 2.24) is 24.4 Å². The summed E-state index contributed by atoms with van der Waals surface area (Å²) >= 11 is 1.80. The van der Waals surface area contributed by atoms with Gasteiger partial charge in [-0.15, -0.1) is 11.3 Å². The summed E-state index contributed by atoms with van der Waals surface area (Å²) in [6.45, 7) is 10.7. The van der Waals surface area contributed by atoms with Gasteiger partial charge in [0, 0.05) is 49.5 Å². The molecule has 0 saturated carbocycles. The van der Waals surface area contributed by atoms with Gasteiger partial charge in [0.15, 0.2) is 0 Å². The summed E-state index contributed by atoms with van der Waals surface area (Å²) in [4.78, 5) is 21.6. The Bertz CT molecular complexity index is 971. The van der Waals surface area contributed by atoms with Crippen LogP contribution in [0, 0.1) is 13.8 Å². The third-order valence-electron chi connectivity index (χ3n) is 6.24. The molecule has 3 aromatic rings. The molecule has 5 rings (SSSR count). The fourth-order valence-electron chi connectivity index (χ4n) is 4.39. The Morgan fingerprint density at radius 3 is 2.62 bits per heavy atom. The lowest BCUT2D eigenvalue weighted by Crippen LogP contribution is -2.37. The number of piperidine rings is 1. The molecule has 7 nitrogen and oxygen atoms in total. The Morgan fingerprint density at radius 1 is 1.10 bits per heavy atom. The van der Waals surface area contributed by atoms with Gasteiger partial charge in [0.2, 0.25) is 0 Å². The van der Waals surface area contributed by atoms with Crippen LogP contribution in [0.2, 0.25) is 0 Å². The van der Waals surface area contributed by atoms with E-state index in [9.17, 15) is 0 Å². The average Bonchev–Trinajstić information content (AvgIpc) is 3.37. The SMILES string of the molecule is Cc1sc2nc(CN3CCOCC3)nc(N3CCC(n4ccnc4)CC3)c2c1C. The van der Waals surface area contributed by atoms with E-state index in [1.54, 1.807) is 11.3 Å². The number of hydrogen-bond acceptors (Lipinski definition) is 7. The normalized spacial score (nSPS) is 19.3. The van der Waals surface area contributed by atoms with Gasteiger partial charge in [0.25, 0.3) is 0 Å². The van der Waals surface area contributed by atoms with E-state index in [0.717, 1.165) is 75.3 Å². The first-order valence-electron chi connectivity index (χ1n) is 10.5. The van der Waals surface area contributed by atoms with Crippen LogP contribution >= 0.6 is 11.3 Å². The van der Waals surface area contributed by atoms with E-state index >= 15 is 0 Å². The molecule has 0 N–H and O–H groups in total. The second kappa shape index (κ2) is 8.01. The van der Waals surface area contributed by atoms with Gasteiger partial charge in [0.1, 0.15) is 16.5 Å². The van der Waals surface area contributed by atoms with Crippen LogP contribution < -0.4 is 4.90 Å². The molecule has 8 heteroatoms. The molecule has 2 fully saturated rings. The van der Waals surface area contributed by atoms with Crippen LogP contribution in [0.3, 0.4) is 0 Å². The largest absolute Gasteiger partial charge is 0.379 e. The summed E-state index contributed by atoms with van der Waals surface area (Å²) in [5, 5.41) is 1.25. The Kier molecular flexibility index (Phi) is 5.24. The zero-order valence-corrected chi connectivity index (χ0v) is 18.0. The number of hydrogen-bond donors (Lipinski definition) is 0. The summed E-state index contributed by atoms with van der Waals surface area (Å²) in [6, 6.07) is 0.532. The van der Waals surface area contributed by atoms with Crippen molar-refractivity contribution in [3.8, 4) is 0 Å². The van der Waals surface area contributed by atoms with E-state index in [4.69, 9.17) is 14.7 Å². The number of fused-ring (bicyclic) bond motifs is 1. The molecule has 0 aliphatic carbocycles. The van der Waals surface area contributed by atoms with Crippen molar-refractivity contribution in [3.63, 3.8) is 0 Å². The Morgan fingerprint density at radius 2 is 1.90 bits per heavy atom. The minimum absolute atomic E-state index is 0.532. The summed E-state index contributed by atoms with van der Waals surface area (Å²) < 4.78 is 7.74. The van der Waals surface area contributed by atoms with Crippen molar-refractivity contribution in [3.05, 3.63) is 35.0 Å². The third kappa shape index (κ3) is 3.76. The molecule has 0 unspecified atom stereocenters. The molecule has 154 valence electrons. The molecule has 0 bridgehead atoms. The third-order valence-corrected chi connectivity index (χ3v) is 7.34. The van der Waals surface area contributed by atoms with Crippen LogP contribution in [-0.4, -0.2) is 63.8 Å².